The molecular formula is C23H20FN3O2. The maximum atomic E-state index is 13.6. The number of nitrogens with zero attached hydrogens (tertiary/aromatic N) is 3. The molecule has 0 aliphatic heterocycles. The molecule has 0 N–H and O–H groups in total. The third-order valence-corrected chi connectivity index (χ3v) is 4.47. The largest absolute Gasteiger partial charge is 0.471 e. The second-order valence-electron chi connectivity index (χ2n) is 6.56. The fraction of sp³-hybridized carbons (Fsp3) is 0.174. The van der Waals surface area contributed by atoms with Crippen LogP contribution in [0, 0.1) is 12.7 Å². The van der Waals surface area contributed by atoms with Crippen molar-refractivity contribution in [3.8, 4) is 28.7 Å². The first kappa shape index (κ1) is 18.8. The third kappa shape index (κ3) is 4.32. The molecule has 0 radical (unpaired) electrons. The first-order chi connectivity index (χ1) is 14.1. The molecule has 0 atom stereocenters. The number of rotatable bonds is 6. The van der Waals surface area contributed by atoms with Crippen LogP contribution >= 0.6 is 0 Å². The maximum Gasteiger partial charge on any atom is 0.226 e. The van der Waals surface area contributed by atoms with Crippen molar-refractivity contribution in [2.75, 3.05) is 0 Å². The smallest absolute Gasteiger partial charge is 0.226 e. The van der Waals surface area contributed by atoms with Gasteiger partial charge in [-0.2, -0.15) is 4.98 Å². The van der Waals surface area contributed by atoms with E-state index < -0.39 is 0 Å². The van der Waals surface area contributed by atoms with E-state index in [1.165, 1.54) is 12.1 Å². The quantitative estimate of drug-likeness (QED) is 0.443. The van der Waals surface area contributed by atoms with Crippen molar-refractivity contribution in [1.82, 2.24) is 15.0 Å². The van der Waals surface area contributed by atoms with E-state index in [-0.39, 0.29) is 12.4 Å². The molecule has 0 fully saturated rings. The lowest BCUT2D eigenvalue weighted by Crippen LogP contribution is -2.03. The SMILES string of the molecule is CCc1cc(OCc2nc(-c3ccccc3)oc2C)nc(-c2cccc(F)c2)n1. The minimum atomic E-state index is -0.331. The highest BCUT2D eigenvalue weighted by Gasteiger charge is 2.13. The van der Waals surface area contributed by atoms with Gasteiger partial charge in [-0.3, -0.25) is 0 Å². The monoisotopic (exact) mass is 389 g/mol. The molecule has 0 bridgehead atoms. The number of ether oxygens (including phenoxy) is 1. The zero-order chi connectivity index (χ0) is 20.2. The van der Waals surface area contributed by atoms with Crippen LogP contribution in [0.5, 0.6) is 5.88 Å². The molecule has 0 unspecified atom stereocenters. The van der Waals surface area contributed by atoms with Gasteiger partial charge in [0, 0.05) is 22.9 Å². The molecule has 29 heavy (non-hydrogen) atoms. The summed E-state index contributed by atoms with van der Waals surface area (Å²) in [5.41, 5.74) is 3.03. The second kappa shape index (κ2) is 8.22. The first-order valence-electron chi connectivity index (χ1n) is 9.41. The molecule has 4 rings (SSSR count). The fourth-order valence-electron chi connectivity index (χ4n) is 2.89. The highest BCUT2D eigenvalue weighted by molar-refractivity contribution is 5.56. The number of aryl methyl sites for hydroxylation is 2. The van der Waals surface area contributed by atoms with E-state index in [1.54, 1.807) is 18.2 Å². The Morgan fingerprint density at radius 1 is 0.931 bits per heavy atom. The van der Waals surface area contributed by atoms with Gasteiger partial charge in [0.05, 0.1) is 0 Å². The van der Waals surface area contributed by atoms with Crippen LogP contribution in [0.15, 0.2) is 65.1 Å². The summed E-state index contributed by atoms with van der Waals surface area (Å²) in [6, 6.07) is 17.7. The van der Waals surface area contributed by atoms with Crippen molar-refractivity contribution < 1.29 is 13.5 Å². The van der Waals surface area contributed by atoms with Crippen LogP contribution in [0.3, 0.4) is 0 Å². The van der Waals surface area contributed by atoms with Crippen molar-refractivity contribution in [2.24, 2.45) is 0 Å². The summed E-state index contributed by atoms with van der Waals surface area (Å²) in [6.07, 6.45) is 0.711. The predicted molar refractivity (Wildman–Crippen MR) is 108 cm³/mol. The van der Waals surface area contributed by atoms with Crippen LogP contribution in [0.2, 0.25) is 0 Å². The van der Waals surface area contributed by atoms with Crippen LogP contribution in [-0.2, 0) is 13.0 Å². The van der Waals surface area contributed by atoms with Crippen LogP contribution in [-0.4, -0.2) is 15.0 Å². The second-order valence-corrected chi connectivity index (χ2v) is 6.56. The van der Waals surface area contributed by atoms with Crippen molar-refractivity contribution in [2.45, 2.75) is 26.9 Å². The van der Waals surface area contributed by atoms with Crippen LogP contribution in [0.4, 0.5) is 4.39 Å². The lowest BCUT2D eigenvalue weighted by Gasteiger charge is -2.08. The van der Waals surface area contributed by atoms with Crippen LogP contribution < -0.4 is 4.74 Å². The van der Waals surface area contributed by atoms with Gasteiger partial charge in [-0.05, 0) is 37.6 Å². The van der Waals surface area contributed by atoms with E-state index in [2.05, 4.69) is 15.0 Å². The van der Waals surface area contributed by atoms with E-state index in [0.717, 1.165) is 11.3 Å². The Kier molecular flexibility index (Phi) is 5.33. The number of aromatic nitrogens is 3. The summed E-state index contributed by atoms with van der Waals surface area (Å²) in [4.78, 5) is 13.5. The summed E-state index contributed by atoms with van der Waals surface area (Å²) in [5, 5.41) is 0. The number of benzene rings is 2. The minimum absolute atomic E-state index is 0.213. The van der Waals surface area contributed by atoms with Gasteiger partial charge in [0.15, 0.2) is 5.82 Å². The lowest BCUT2D eigenvalue weighted by molar-refractivity contribution is 0.287. The molecule has 0 saturated carbocycles. The van der Waals surface area contributed by atoms with Gasteiger partial charge in [0.2, 0.25) is 11.8 Å². The van der Waals surface area contributed by atoms with Gasteiger partial charge in [-0.25, -0.2) is 14.4 Å². The molecular weight excluding hydrogens is 369 g/mol. The maximum absolute atomic E-state index is 13.6. The standard InChI is InChI=1S/C23H20FN3O2/c1-3-19-13-21(27-22(25-19)17-10-7-11-18(24)12-17)28-14-20-15(2)29-23(26-20)16-8-5-4-6-9-16/h4-13H,3,14H2,1-2H3. The Balaban J connectivity index is 1.57. The van der Waals surface area contributed by atoms with Crippen LogP contribution in [0.1, 0.15) is 24.1 Å². The Morgan fingerprint density at radius 2 is 1.72 bits per heavy atom. The topological polar surface area (TPSA) is 61.0 Å². The molecule has 146 valence electrons. The highest BCUT2D eigenvalue weighted by Crippen LogP contribution is 2.24. The van der Waals surface area contributed by atoms with Crippen molar-refractivity contribution >= 4 is 0 Å². The van der Waals surface area contributed by atoms with Gasteiger partial charge < -0.3 is 9.15 Å². The van der Waals surface area contributed by atoms with Crippen molar-refractivity contribution in [3.05, 3.63) is 83.6 Å². The molecule has 5 nitrogen and oxygen atoms in total. The van der Waals surface area contributed by atoms with E-state index in [1.807, 2.05) is 44.2 Å². The molecule has 0 amide bonds. The van der Waals surface area contributed by atoms with Crippen LogP contribution in [0.25, 0.3) is 22.8 Å². The average molecular weight is 389 g/mol. The van der Waals surface area contributed by atoms with Gasteiger partial charge in [-0.15, -0.1) is 0 Å². The Morgan fingerprint density at radius 3 is 2.48 bits per heavy atom. The van der Waals surface area contributed by atoms with Gasteiger partial charge in [0.25, 0.3) is 0 Å². The van der Waals surface area contributed by atoms with Crippen molar-refractivity contribution in [1.29, 1.82) is 0 Å². The fourth-order valence-corrected chi connectivity index (χ4v) is 2.89. The van der Waals surface area contributed by atoms with Gasteiger partial charge >= 0.3 is 0 Å². The number of oxazole rings is 1. The molecule has 0 aliphatic carbocycles. The number of halogens is 1. The zero-order valence-corrected chi connectivity index (χ0v) is 16.2. The molecule has 2 heterocycles. The molecule has 0 spiro atoms. The van der Waals surface area contributed by atoms with E-state index >= 15 is 0 Å². The third-order valence-electron chi connectivity index (χ3n) is 4.47. The summed E-state index contributed by atoms with van der Waals surface area (Å²) < 4.78 is 25.3. The molecule has 6 heteroatoms. The van der Waals surface area contributed by atoms with E-state index in [4.69, 9.17) is 9.15 Å². The molecule has 4 aromatic rings. The highest BCUT2D eigenvalue weighted by atomic mass is 19.1. The zero-order valence-electron chi connectivity index (χ0n) is 16.2. The van der Waals surface area contributed by atoms with E-state index in [0.29, 0.717) is 41.0 Å². The van der Waals surface area contributed by atoms with Crippen molar-refractivity contribution in [3.63, 3.8) is 0 Å². The average Bonchev–Trinajstić information content (AvgIpc) is 3.13. The van der Waals surface area contributed by atoms with Gasteiger partial charge in [-0.1, -0.05) is 37.3 Å². The molecule has 0 saturated heterocycles. The molecule has 2 aromatic heterocycles. The number of hydrogen-bond acceptors (Lipinski definition) is 5. The summed E-state index contributed by atoms with van der Waals surface area (Å²) in [6.45, 7) is 4.06. The summed E-state index contributed by atoms with van der Waals surface area (Å²) in [7, 11) is 0. The molecule has 0 aliphatic rings. The Labute approximate surface area is 168 Å². The summed E-state index contributed by atoms with van der Waals surface area (Å²) in [5.74, 6) is 1.76. The Hall–Kier alpha value is -3.54. The van der Waals surface area contributed by atoms with Gasteiger partial charge in [0.1, 0.15) is 23.9 Å². The predicted octanol–water partition coefficient (Wildman–Crippen LogP) is 5.39. The molecule has 2 aromatic carbocycles. The Bertz CT molecular complexity index is 1130. The first-order valence-corrected chi connectivity index (χ1v) is 9.41. The minimum Gasteiger partial charge on any atom is -0.471 e. The lowest BCUT2D eigenvalue weighted by atomic mass is 10.2. The normalized spacial score (nSPS) is 10.9. The van der Waals surface area contributed by atoms with E-state index in [9.17, 15) is 4.39 Å². The summed E-state index contributed by atoms with van der Waals surface area (Å²) >= 11 is 0. The number of hydrogen-bond donors (Lipinski definition) is 0.